The maximum absolute atomic E-state index is 12.0. The number of hydrogen-bond acceptors (Lipinski definition) is 5. The molecule has 7 heteroatoms. The first kappa shape index (κ1) is 17.7. The van der Waals surface area contributed by atoms with Gasteiger partial charge in [-0.1, -0.05) is 12.5 Å². The second kappa shape index (κ2) is 8.33. The Morgan fingerprint density at radius 3 is 2.58 bits per heavy atom. The summed E-state index contributed by atoms with van der Waals surface area (Å²) in [4.78, 5) is 27.2. The van der Waals surface area contributed by atoms with E-state index in [1.165, 1.54) is 0 Å². The quantitative estimate of drug-likeness (QED) is 0.791. The van der Waals surface area contributed by atoms with Crippen molar-refractivity contribution in [2.75, 3.05) is 6.61 Å². The number of nitrogens with zero attached hydrogens (tertiary/aromatic N) is 1. The SMILES string of the molecule is O=C(COc1ccc(Oc2ccccn2)cc1)N[C@H]1CCC[C@H]1C(=O)O. The fourth-order valence-corrected chi connectivity index (χ4v) is 2.96. The summed E-state index contributed by atoms with van der Waals surface area (Å²) in [7, 11) is 0. The van der Waals surface area contributed by atoms with Gasteiger partial charge >= 0.3 is 5.97 Å². The van der Waals surface area contributed by atoms with Crippen LogP contribution in [0.1, 0.15) is 19.3 Å². The van der Waals surface area contributed by atoms with Gasteiger partial charge in [0.15, 0.2) is 6.61 Å². The molecular weight excluding hydrogens is 336 g/mol. The molecule has 1 aliphatic rings. The molecule has 2 N–H and O–H groups in total. The maximum Gasteiger partial charge on any atom is 0.308 e. The largest absolute Gasteiger partial charge is 0.484 e. The predicted octanol–water partition coefficient (Wildman–Crippen LogP) is 2.62. The highest BCUT2D eigenvalue weighted by Gasteiger charge is 2.33. The van der Waals surface area contributed by atoms with E-state index in [9.17, 15) is 9.59 Å². The lowest BCUT2D eigenvalue weighted by Gasteiger charge is -2.17. The van der Waals surface area contributed by atoms with Gasteiger partial charge in [0.1, 0.15) is 11.5 Å². The molecule has 1 heterocycles. The zero-order chi connectivity index (χ0) is 18.4. The summed E-state index contributed by atoms with van der Waals surface area (Å²) in [6.45, 7) is -0.163. The van der Waals surface area contributed by atoms with Crippen molar-refractivity contribution in [3.05, 3.63) is 48.7 Å². The summed E-state index contributed by atoms with van der Waals surface area (Å²) in [5, 5.41) is 11.9. The summed E-state index contributed by atoms with van der Waals surface area (Å²) >= 11 is 0. The van der Waals surface area contributed by atoms with Crippen LogP contribution in [0.25, 0.3) is 0 Å². The molecule has 1 aliphatic carbocycles. The Hall–Kier alpha value is -3.09. The molecule has 1 aromatic heterocycles. The van der Waals surface area contributed by atoms with Gasteiger partial charge < -0.3 is 19.9 Å². The smallest absolute Gasteiger partial charge is 0.308 e. The van der Waals surface area contributed by atoms with E-state index < -0.39 is 11.9 Å². The summed E-state index contributed by atoms with van der Waals surface area (Å²) in [5.74, 6) is -0.0771. The van der Waals surface area contributed by atoms with Gasteiger partial charge in [-0.05, 0) is 43.2 Å². The van der Waals surface area contributed by atoms with E-state index in [-0.39, 0.29) is 18.6 Å². The zero-order valence-corrected chi connectivity index (χ0v) is 14.1. The third-order valence-corrected chi connectivity index (χ3v) is 4.23. The third-order valence-electron chi connectivity index (χ3n) is 4.23. The fraction of sp³-hybridized carbons (Fsp3) is 0.316. The third kappa shape index (κ3) is 4.72. The van der Waals surface area contributed by atoms with Gasteiger partial charge in [-0.2, -0.15) is 0 Å². The van der Waals surface area contributed by atoms with Crippen LogP contribution in [-0.4, -0.2) is 34.6 Å². The van der Waals surface area contributed by atoms with E-state index in [0.29, 0.717) is 30.2 Å². The first-order valence-electron chi connectivity index (χ1n) is 8.46. The lowest BCUT2D eigenvalue weighted by atomic mass is 10.0. The molecule has 0 bridgehead atoms. The van der Waals surface area contributed by atoms with Crippen molar-refractivity contribution >= 4 is 11.9 Å². The molecule has 0 radical (unpaired) electrons. The highest BCUT2D eigenvalue weighted by atomic mass is 16.5. The summed E-state index contributed by atoms with van der Waals surface area (Å²) in [5.41, 5.74) is 0. The van der Waals surface area contributed by atoms with Gasteiger partial charge in [0.05, 0.1) is 5.92 Å². The minimum absolute atomic E-state index is 0.163. The number of ether oxygens (including phenoxy) is 2. The second-order valence-electron chi connectivity index (χ2n) is 6.08. The standard InChI is InChI=1S/C19H20N2O5/c22-17(21-16-5-3-4-15(16)19(23)24)12-25-13-7-9-14(10-8-13)26-18-6-1-2-11-20-18/h1-2,6-11,15-16H,3-5,12H2,(H,21,22)(H,23,24)/t15-,16+/m1/s1. The van der Waals surface area contributed by atoms with Gasteiger partial charge in [-0.15, -0.1) is 0 Å². The van der Waals surface area contributed by atoms with Crippen LogP contribution in [0.2, 0.25) is 0 Å². The lowest BCUT2D eigenvalue weighted by Crippen LogP contribution is -2.42. The van der Waals surface area contributed by atoms with Gasteiger partial charge in [-0.3, -0.25) is 9.59 Å². The van der Waals surface area contributed by atoms with Crippen molar-refractivity contribution in [3.8, 4) is 17.4 Å². The Morgan fingerprint density at radius 2 is 1.88 bits per heavy atom. The van der Waals surface area contributed by atoms with Gasteiger partial charge in [0.25, 0.3) is 5.91 Å². The minimum Gasteiger partial charge on any atom is -0.484 e. The van der Waals surface area contributed by atoms with Crippen molar-refractivity contribution in [1.29, 1.82) is 0 Å². The molecule has 2 aromatic rings. The van der Waals surface area contributed by atoms with E-state index in [0.717, 1.165) is 6.42 Å². The number of aliphatic carboxylic acids is 1. The van der Waals surface area contributed by atoms with Gasteiger partial charge in [-0.25, -0.2) is 4.98 Å². The average Bonchev–Trinajstić information content (AvgIpc) is 3.10. The highest BCUT2D eigenvalue weighted by Crippen LogP contribution is 2.26. The number of hydrogen-bond donors (Lipinski definition) is 2. The average molecular weight is 356 g/mol. The summed E-state index contributed by atoms with van der Waals surface area (Å²) in [6, 6.07) is 11.9. The number of amides is 1. The van der Waals surface area contributed by atoms with Crippen LogP contribution in [0.3, 0.4) is 0 Å². The van der Waals surface area contributed by atoms with Crippen molar-refractivity contribution < 1.29 is 24.2 Å². The lowest BCUT2D eigenvalue weighted by molar-refractivity contribution is -0.142. The van der Waals surface area contributed by atoms with E-state index in [1.54, 1.807) is 42.6 Å². The molecule has 3 rings (SSSR count). The van der Waals surface area contributed by atoms with Crippen LogP contribution in [-0.2, 0) is 9.59 Å². The van der Waals surface area contributed by atoms with Crippen molar-refractivity contribution in [2.45, 2.75) is 25.3 Å². The summed E-state index contributed by atoms with van der Waals surface area (Å²) in [6.07, 6.45) is 3.73. The highest BCUT2D eigenvalue weighted by molar-refractivity contribution is 5.79. The fourth-order valence-electron chi connectivity index (χ4n) is 2.96. The number of rotatable bonds is 7. The zero-order valence-electron chi connectivity index (χ0n) is 14.1. The first-order valence-corrected chi connectivity index (χ1v) is 8.46. The number of carboxylic acids is 1. The second-order valence-corrected chi connectivity index (χ2v) is 6.08. The Balaban J connectivity index is 1.47. The molecule has 136 valence electrons. The van der Waals surface area contributed by atoms with Crippen LogP contribution >= 0.6 is 0 Å². The van der Waals surface area contributed by atoms with Crippen LogP contribution in [0, 0.1) is 5.92 Å². The van der Waals surface area contributed by atoms with Crippen LogP contribution in [0.5, 0.6) is 17.4 Å². The van der Waals surface area contributed by atoms with Crippen LogP contribution in [0.15, 0.2) is 48.7 Å². The monoisotopic (exact) mass is 356 g/mol. The summed E-state index contributed by atoms with van der Waals surface area (Å²) < 4.78 is 11.0. The molecule has 1 fully saturated rings. The molecule has 0 unspecified atom stereocenters. The number of carbonyl (C=O) groups is 2. The molecule has 0 aliphatic heterocycles. The van der Waals surface area contributed by atoms with Gasteiger partial charge in [0, 0.05) is 18.3 Å². The number of benzene rings is 1. The predicted molar refractivity (Wildman–Crippen MR) is 93.2 cm³/mol. The Bertz CT molecular complexity index is 748. The molecule has 1 saturated carbocycles. The van der Waals surface area contributed by atoms with Crippen LogP contribution in [0.4, 0.5) is 0 Å². The number of aromatic nitrogens is 1. The van der Waals surface area contributed by atoms with Crippen LogP contribution < -0.4 is 14.8 Å². The number of pyridine rings is 1. The molecule has 2 atom stereocenters. The van der Waals surface area contributed by atoms with E-state index in [4.69, 9.17) is 14.6 Å². The Morgan fingerprint density at radius 1 is 1.12 bits per heavy atom. The molecule has 26 heavy (non-hydrogen) atoms. The first-order chi connectivity index (χ1) is 12.6. The molecule has 1 amide bonds. The van der Waals surface area contributed by atoms with Crippen molar-refractivity contribution in [2.24, 2.45) is 5.92 Å². The minimum atomic E-state index is -0.864. The Labute approximate surface area is 151 Å². The van der Waals surface area contributed by atoms with Crippen molar-refractivity contribution in [1.82, 2.24) is 10.3 Å². The Kier molecular flexibility index (Phi) is 5.68. The van der Waals surface area contributed by atoms with E-state index in [1.807, 2.05) is 6.07 Å². The molecule has 7 nitrogen and oxygen atoms in total. The van der Waals surface area contributed by atoms with E-state index >= 15 is 0 Å². The number of carboxylic acid groups (broad SMARTS) is 1. The molecular formula is C19H20N2O5. The normalized spacial score (nSPS) is 18.9. The van der Waals surface area contributed by atoms with E-state index in [2.05, 4.69) is 10.3 Å². The van der Waals surface area contributed by atoms with Gasteiger partial charge in [0.2, 0.25) is 5.88 Å². The maximum atomic E-state index is 12.0. The molecule has 0 saturated heterocycles. The topological polar surface area (TPSA) is 97.8 Å². The number of nitrogens with one attached hydrogen (secondary N) is 1. The molecule has 1 aromatic carbocycles. The molecule has 0 spiro atoms. The van der Waals surface area contributed by atoms with Crippen molar-refractivity contribution in [3.63, 3.8) is 0 Å². The number of carbonyl (C=O) groups excluding carboxylic acids is 1.